The number of piperazine rings is 1. The maximum atomic E-state index is 11.8. The second-order valence-corrected chi connectivity index (χ2v) is 9.47. The molecule has 6 rings (SSSR count). The van der Waals surface area contributed by atoms with E-state index in [2.05, 4.69) is 22.8 Å². The Morgan fingerprint density at radius 2 is 1.79 bits per heavy atom. The molecule has 0 spiro atoms. The van der Waals surface area contributed by atoms with E-state index in [9.17, 15) is 9.59 Å². The number of fused-ring (bicyclic) bond motifs is 3. The van der Waals surface area contributed by atoms with Crippen LogP contribution in [0.2, 0.25) is 0 Å². The average Bonchev–Trinajstić information content (AvgIpc) is 3.40. The van der Waals surface area contributed by atoms with Gasteiger partial charge in [0.15, 0.2) is 0 Å². The minimum atomic E-state index is -0.220. The summed E-state index contributed by atoms with van der Waals surface area (Å²) < 4.78 is 16.7. The Kier molecular flexibility index (Phi) is 5.20. The summed E-state index contributed by atoms with van der Waals surface area (Å²) in [5, 5.41) is 0. The molecule has 0 aliphatic carbocycles. The fraction of sp³-hybridized carbons (Fsp3) is 0.462. The summed E-state index contributed by atoms with van der Waals surface area (Å²) in [6.45, 7) is 8.51. The fourth-order valence-corrected chi connectivity index (χ4v) is 5.59. The van der Waals surface area contributed by atoms with Crippen LogP contribution in [0, 0.1) is 6.92 Å². The number of hydrogen-bond donors (Lipinski definition) is 0. The summed E-state index contributed by atoms with van der Waals surface area (Å²) in [5.74, 6) is -0.428. The Morgan fingerprint density at radius 3 is 2.70 bits per heavy atom. The molecule has 0 aromatic heterocycles. The lowest BCUT2D eigenvalue weighted by Crippen LogP contribution is -2.58. The zero-order chi connectivity index (χ0) is 22.5. The van der Waals surface area contributed by atoms with Crippen LogP contribution in [0.5, 0.6) is 0 Å². The van der Waals surface area contributed by atoms with Crippen molar-refractivity contribution in [2.24, 2.45) is 0 Å². The first kappa shape index (κ1) is 20.8. The van der Waals surface area contributed by atoms with E-state index in [4.69, 9.17) is 14.2 Å². The van der Waals surface area contributed by atoms with Crippen molar-refractivity contribution < 1.29 is 23.8 Å². The van der Waals surface area contributed by atoms with Crippen LogP contribution < -0.4 is 0 Å². The highest BCUT2D eigenvalue weighted by Gasteiger charge is 2.35. The summed E-state index contributed by atoms with van der Waals surface area (Å²) in [4.78, 5) is 28.6. The molecule has 4 heterocycles. The lowest BCUT2D eigenvalue weighted by atomic mass is 9.94. The summed E-state index contributed by atoms with van der Waals surface area (Å²) in [6.07, 6.45) is 0.998. The molecular formula is C26H28N2O5. The molecule has 2 atom stereocenters. The Balaban J connectivity index is 1.06. The molecule has 7 nitrogen and oxygen atoms in total. The van der Waals surface area contributed by atoms with Crippen molar-refractivity contribution >= 4 is 11.9 Å². The first-order valence-electron chi connectivity index (χ1n) is 11.7. The number of rotatable bonds is 4. The molecule has 2 aromatic carbocycles. The molecule has 172 valence electrons. The van der Waals surface area contributed by atoms with E-state index in [0.29, 0.717) is 37.0 Å². The van der Waals surface area contributed by atoms with Crippen LogP contribution in [0.15, 0.2) is 30.3 Å². The summed E-state index contributed by atoms with van der Waals surface area (Å²) in [7, 11) is 0. The van der Waals surface area contributed by atoms with Crippen molar-refractivity contribution in [3.05, 3.63) is 69.3 Å². The summed E-state index contributed by atoms with van der Waals surface area (Å²) in [5.41, 5.74) is 6.97. The van der Waals surface area contributed by atoms with Crippen molar-refractivity contribution in [1.82, 2.24) is 9.80 Å². The monoisotopic (exact) mass is 448 g/mol. The number of hydrogen-bond acceptors (Lipinski definition) is 7. The van der Waals surface area contributed by atoms with Crippen LogP contribution in [-0.4, -0.2) is 67.1 Å². The lowest BCUT2D eigenvalue weighted by molar-refractivity contribution is -0.0903. The molecule has 33 heavy (non-hydrogen) atoms. The van der Waals surface area contributed by atoms with E-state index < -0.39 is 0 Å². The zero-order valence-electron chi connectivity index (χ0n) is 18.8. The molecule has 2 aromatic rings. The highest BCUT2D eigenvalue weighted by Crippen LogP contribution is 2.33. The second-order valence-electron chi connectivity index (χ2n) is 9.47. The minimum Gasteiger partial charge on any atom is -0.457 e. The van der Waals surface area contributed by atoms with Crippen LogP contribution in [0.1, 0.15) is 54.6 Å². The van der Waals surface area contributed by atoms with E-state index in [1.165, 1.54) is 11.1 Å². The predicted molar refractivity (Wildman–Crippen MR) is 120 cm³/mol. The molecule has 0 bridgehead atoms. The van der Waals surface area contributed by atoms with Crippen LogP contribution in [0.4, 0.5) is 0 Å². The Bertz CT molecular complexity index is 1130. The molecule has 0 radical (unpaired) electrons. The average molecular weight is 449 g/mol. The summed E-state index contributed by atoms with van der Waals surface area (Å²) >= 11 is 0. The Hall–Kier alpha value is -2.74. The van der Waals surface area contributed by atoms with Gasteiger partial charge in [-0.1, -0.05) is 18.2 Å². The van der Waals surface area contributed by atoms with Gasteiger partial charge in [-0.15, -0.1) is 0 Å². The fourth-order valence-electron chi connectivity index (χ4n) is 5.59. The predicted octanol–water partition coefficient (Wildman–Crippen LogP) is 2.64. The third kappa shape index (κ3) is 3.74. The van der Waals surface area contributed by atoms with Crippen molar-refractivity contribution in [2.75, 3.05) is 39.3 Å². The van der Waals surface area contributed by atoms with Crippen molar-refractivity contribution in [3.63, 3.8) is 0 Å². The van der Waals surface area contributed by atoms with Gasteiger partial charge in [0.25, 0.3) is 0 Å². The van der Waals surface area contributed by atoms with Crippen molar-refractivity contribution in [2.45, 2.75) is 38.7 Å². The first-order valence-corrected chi connectivity index (χ1v) is 11.7. The van der Waals surface area contributed by atoms with Gasteiger partial charge < -0.3 is 19.1 Å². The molecule has 2 saturated heterocycles. The molecule has 0 unspecified atom stereocenters. The maximum absolute atomic E-state index is 11.8. The van der Waals surface area contributed by atoms with Gasteiger partial charge in [-0.25, -0.2) is 9.59 Å². The van der Waals surface area contributed by atoms with Crippen molar-refractivity contribution in [3.8, 4) is 0 Å². The highest BCUT2D eigenvalue weighted by molar-refractivity contribution is 5.94. The number of benzene rings is 2. The van der Waals surface area contributed by atoms with Gasteiger partial charge in [0, 0.05) is 49.9 Å². The molecular weight excluding hydrogens is 420 g/mol. The van der Waals surface area contributed by atoms with E-state index in [1.807, 2.05) is 24.3 Å². The highest BCUT2D eigenvalue weighted by atomic mass is 16.5. The Labute approximate surface area is 193 Å². The van der Waals surface area contributed by atoms with Crippen LogP contribution in [-0.2, 0) is 33.8 Å². The van der Waals surface area contributed by atoms with E-state index >= 15 is 0 Å². The lowest BCUT2D eigenvalue weighted by Gasteiger charge is -2.46. The number of carbonyl (C=O) groups excluding carboxylic acids is 2. The van der Waals surface area contributed by atoms with Crippen LogP contribution in [0.25, 0.3) is 0 Å². The number of esters is 2. The van der Waals surface area contributed by atoms with E-state index in [-0.39, 0.29) is 18.0 Å². The third-order valence-electron chi connectivity index (χ3n) is 7.60. The second kappa shape index (κ2) is 8.24. The molecule has 2 fully saturated rings. The number of ether oxygens (including phenoxy) is 3. The third-order valence-corrected chi connectivity index (χ3v) is 7.60. The standard InChI is InChI=1S/C26H28N2O5/c1-16-20(4-5-22-23(16)15-33-26(22)30)24-12-28-9-8-27(11-19(28)14-31-24)7-6-17-2-3-21-18(10-17)13-32-25(21)29/h2-5,10,19,24H,6-9,11-15H2,1H3/t19-,24-/m0/s1. The van der Waals surface area contributed by atoms with Crippen molar-refractivity contribution in [1.29, 1.82) is 0 Å². The molecule has 0 amide bonds. The SMILES string of the molecule is Cc1c([C@@H]2CN3CCN(CCc4ccc5c(c4)COC5=O)C[C@H]3CO2)ccc2c1COC2=O. The van der Waals surface area contributed by atoms with Gasteiger partial charge in [-0.05, 0) is 42.2 Å². The van der Waals surface area contributed by atoms with Gasteiger partial charge in [0.2, 0.25) is 0 Å². The van der Waals surface area contributed by atoms with Crippen LogP contribution >= 0.6 is 0 Å². The number of cyclic esters (lactones) is 2. The molecule has 0 saturated carbocycles. The van der Waals surface area contributed by atoms with Gasteiger partial charge in [0.1, 0.15) is 13.2 Å². The van der Waals surface area contributed by atoms with Gasteiger partial charge in [0.05, 0.1) is 23.8 Å². The van der Waals surface area contributed by atoms with Crippen LogP contribution in [0.3, 0.4) is 0 Å². The normalized spacial score (nSPS) is 24.8. The smallest absolute Gasteiger partial charge is 0.338 e. The molecule has 4 aliphatic heterocycles. The van der Waals surface area contributed by atoms with Gasteiger partial charge in [-0.3, -0.25) is 4.90 Å². The minimum absolute atomic E-state index is 0.0325. The number of morpholine rings is 1. The first-order chi connectivity index (χ1) is 16.1. The largest absolute Gasteiger partial charge is 0.457 e. The quantitative estimate of drug-likeness (QED) is 0.666. The number of carbonyl (C=O) groups is 2. The number of nitrogens with zero attached hydrogens (tertiary/aromatic N) is 2. The Morgan fingerprint density at radius 1 is 0.970 bits per heavy atom. The van der Waals surface area contributed by atoms with Gasteiger partial charge in [-0.2, -0.15) is 0 Å². The molecule has 7 heteroatoms. The molecule has 0 N–H and O–H groups in total. The van der Waals surface area contributed by atoms with E-state index in [0.717, 1.165) is 55.8 Å². The maximum Gasteiger partial charge on any atom is 0.338 e. The molecule has 4 aliphatic rings. The van der Waals surface area contributed by atoms with E-state index in [1.54, 1.807) is 0 Å². The zero-order valence-corrected chi connectivity index (χ0v) is 18.8. The topological polar surface area (TPSA) is 68.3 Å². The summed E-state index contributed by atoms with van der Waals surface area (Å²) in [6, 6.07) is 10.4. The van der Waals surface area contributed by atoms with Gasteiger partial charge >= 0.3 is 11.9 Å².